The molecule has 2 rings (SSSR count). The lowest BCUT2D eigenvalue weighted by molar-refractivity contribution is 0.511. The van der Waals surface area contributed by atoms with Crippen LogP contribution in [0, 0.1) is 6.92 Å². The zero-order valence-electron chi connectivity index (χ0n) is 12.2. The van der Waals surface area contributed by atoms with Gasteiger partial charge in [-0.1, -0.05) is 47.8 Å². The number of aryl methyl sites for hydroxylation is 1. The summed E-state index contributed by atoms with van der Waals surface area (Å²) >= 11 is 12.2. The minimum atomic E-state index is 0.105. The van der Waals surface area contributed by atoms with Crippen LogP contribution < -0.4 is 0 Å². The summed E-state index contributed by atoms with van der Waals surface area (Å²) in [5.74, 6) is 0.105. The molecule has 0 spiro atoms. The summed E-state index contributed by atoms with van der Waals surface area (Å²) in [6.07, 6.45) is 1.54. The molecule has 0 bridgehead atoms. The second kappa shape index (κ2) is 6.50. The van der Waals surface area contributed by atoms with E-state index in [1.54, 1.807) is 22.9 Å². The van der Waals surface area contributed by atoms with Crippen molar-refractivity contribution in [1.29, 1.82) is 0 Å². The lowest BCUT2D eigenvalue weighted by Gasteiger charge is -2.11. The second-order valence-corrected chi connectivity index (χ2v) is 5.61. The predicted molar refractivity (Wildman–Crippen MR) is 86.6 cm³/mol. The van der Waals surface area contributed by atoms with Gasteiger partial charge in [-0.25, -0.2) is 0 Å². The number of aliphatic hydroxyl groups excluding tert-OH is 1. The van der Waals surface area contributed by atoms with Crippen molar-refractivity contribution in [3.05, 3.63) is 45.2 Å². The highest BCUT2D eigenvalue weighted by molar-refractivity contribution is 6.43. The van der Waals surface area contributed by atoms with Gasteiger partial charge in [0.2, 0.25) is 0 Å². The fourth-order valence-corrected chi connectivity index (χ4v) is 2.52. The number of nitrogens with zero attached hydrogens (tertiary/aromatic N) is 3. The molecule has 6 heteroatoms. The van der Waals surface area contributed by atoms with Gasteiger partial charge in [-0.2, -0.15) is 0 Å². The molecule has 0 saturated heterocycles. The molecule has 4 nitrogen and oxygen atoms in total. The van der Waals surface area contributed by atoms with Crippen LogP contribution in [0.2, 0.25) is 10.0 Å². The fraction of sp³-hybridized carbons (Fsp3) is 0.333. The second-order valence-electron chi connectivity index (χ2n) is 4.83. The molecular weight excluding hydrogens is 309 g/mol. The Labute approximate surface area is 134 Å². The Balaban J connectivity index is 2.64. The molecule has 2 aromatic rings. The molecule has 0 amide bonds. The molecule has 0 saturated carbocycles. The maximum Gasteiger partial charge on any atom is 0.129 e. The zero-order valence-corrected chi connectivity index (χ0v) is 13.7. The summed E-state index contributed by atoms with van der Waals surface area (Å²) in [6.45, 7) is 3.95. The normalized spacial score (nSPS) is 12.4. The van der Waals surface area contributed by atoms with Gasteiger partial charge in [0.15, 0.2) is 0 Å². The predicted octanol–water partition coefficient (Wildman–Crippen LogP) is 4.66. The van der Waals surface area contributed by atoms with E-state index in [-0.39, 0.29) is 5.76 Å². The van der Waals surface area contributed by atoms with Crippen LogP contribution in [-0.2, 0) is 7.05 Å². The number of aliphatic hydroxyl groups is 1. The number of halogens is 2. The van der Waals surface area contributed by atoms with Crippen LogP contribution in [0.25, 0.3) is 11.3 Å². The van der Waals surface area contributed by atoms with Gasteiger partial charge in [-0.3, -0.25) is 4.68 Å². The van der Waals surface area contributed by atoms with Gasteiger partial charge in [-0.15, -0.1) is 5.10 Å². The van der Waals surface area contributed by atoms with Crippen molar-refractivity contribution in [2.45, 2.75) is 26.7 Å². The molecule has 0 atom stereocenters. The van der Waals surface area contributed by atoms with Crippen molar-refractivity contribution in [2.24, 2.45) is 7.05 Å². The van der Waals surface area contributed by atoms with E-state index in [4.69, 9.17) is 23.2 Å². The van der Waals surface area contributed by atoms with Crippen molar-refractivity contribution in [3.63, 3.8) is 0 Å². The summed E-state index contributed by atoms with van der Waals surface area (Å²) in [4.78, 5) is 0. The molecule has 21 heavy (non-hydrogen) atoms. The highest BCUT2D eigenvalue weighted by Crippen LogP contribution is 2.35. The van der Waals surface area contributed by atoms with E-state index < -0.39 is 0 Å². The van der Waals surface area contributed by atoms with Crippen molar-refractivity contribution < 1.29 is 5.11 Å². The topological polar surface area (TPSA) is 50.9 Å². The summed E-state index contributed by atoms with van der Waals surface area (Å²) in [6, 6.07) is 5.19. The summed E-state index contributed by atoms with van der Waals surface area (Å²) < 4.78 is 1.68. The smallest absolute Gasteiger partial charge is 0.129 e. The lowest BCUT2D eigenvalue weighted by Crippen LogP contribution is -1.97. The quantitative estimate of drug-likeness (QED) is 0.832. The van der Waals surface area contributed by atoms with Crippen LogP contribution in [0.1, 0.15) is 36.7 Å². The van der Waals surface area contributed by atoms with Crippen LogP contribution in [0.4, 0.5) is 0 Å². The third kappa shape index (κ3) is 3.06. The first-order valence-electron chi connectivity index (χ1n) is 6.70. The minimum absolute atomic E-state index is 0.105. The molecule has 0 unspecified atom stereocenters. The summed E-state index contributed by atoms with van der Waals surface area (Å²) in [5, 5.41) is 19.6. The molecule has 0 aliphatic rings. The highest BCUT2D eigenvalue weighted by Gasteiger charge is 2.19. The molecule has 0 fully saturated rings. The van der Waals surface area contributed by atoms with Gasteiger partial charge in [0, 0.05) is 18.2 Å². The largest absolute Gasteiger partial charge is 0.507 e. The van der Waals surface area contributed by atoms with Crippen LogP contribution in [0.15, 0.2) is 18.2 Å². The maximum absolute atomic E-state index is 10.7. The molecule has 0 radical (unpaired) electrons. The van der Waals surface area contributed by atoms with Gasteiger partial charge in [0.05, 0.1) is 15.7 Å². The van der Waals surface area contributed by atoms with Crippen molar-refractivity contribution in [1.82, 2.24) is 15.0 Å². The molecule has 1 aromatic carbocycles. The molecule has 112 valence electrons. The number of aromatic nitrogens is 3. The first-order valence-corrected chi connectivity index (χ1v) is 7.46. The number of hydrogen-bond donors (Lipinski definition) is 1. The van der Waals surface area contributed by atoms with E-state index in [0.29, 0.717) is 27.7 Å². The molecule has 0 aliphatic carbocycles. The van der Waals surface area contributed by atoms with E-state index in [2.05, 4.69) is 10.3 Å². The standard InChI is InChI=1S/C15H17Cl2N3O/c1-4-6-11(14-9(2)20(3)19-18-14)15(21)10-7-5-8-12(16)13(10)17/h5,7-8,21H,4,6H2,1-3H3/b15-11-. The maximum atomic E-state index is 10.7. The SMILES string of the molecule is CCC/C(=C(/O)c1cccc(Cl)c1Cl)c1nnn(C)c1C. The van der Waals surface area contributed by atoms with Crippen LogP contribution >= 0.6 is 23.2 Å². The van der Waals surface area contributed by atoms with Gasteiger partial charge in [0.1, 0.15) is 11.5 Å². The van der Waals surface area contributed by atoms with E-state index in [9.17, 15) is 5.11 Å². The van der Waals surface area contributed by atoms with Crippen molar-refractivity contribution >= 4 is 34.5 Å². The monoisotopic (exact) mass is 325 g/mol. The average molecular weight is 326 g/mol. The number of rotatable bonds is 4. The van der Waals surface area contributed by atoms with Gasteiger partial charge in [0.25, 0.3) is 0 Å². The Hall–Kier alpha value is -1.52. The molecule has 0 aliphatic heterocycles. The van der Waals surface area contributed by atoms with E-state index >= 15 is 0 Å². The van der Waals surface area contributed by atoms with Gasteiger partial charge in [-0.05, 0) is 25.5 Å². The highest BCUT2D eigenvalue weighted by atomic mass is 35.5. The number of hydrogen-bond acceptors (Lipinski definition) is 3. The fourth-order valence-electron chi connectivity index (χ4n) is 2.13. The lowest BCUT2D eigenvalue weighted by atomic mass is 10.0. The molecule has 1 heterocycles. The molecule has 1 aromatic heterocycles. The number of allylic oxidation sites excluding steroid dienone is 1. The third-order valence-electron chi connectivity index (χ3n) is 3.39. The first kappa shape index (κ1) is 15.9. The van der Waals surface area contributed by atoms with Crippen LogP contribution in [0.5, 0.6) is 0 Å². The molecule has 1 N–H and O–H groups in total. The average Bonchev–Trinajstić information content (AvgIpc) is 2.79. The summed E-state index contributed by atoms with van der Waals surface area (Å²) in [5.41, 5.74) is 2.82. The Kier molecular flexibility index (Phi) is 4.91. The molecular formula is C15H17Cl2N3O. The zero-order chi connectivity index (χ0) is 15.6. The Morgan fingerprint density at radius 1 is 1.33 bits per heavy atom. The number of benzene rings is 1. The van der Waals surface area contributed by atoms with Crippen molar-refractivity contribution in [3.8, 4) is 0 Å². The van der Waals surface area contributed by atoms with E-state index in [1.165, 1.54) is 0 Å². The van der Waals surface area contributed by atoms with Crippen molar-refractivity contribution in [2.75, 3.05) is 0 Å². The van der Waals surface area contributed by atoms with E-state index in [1.807, 2.05) is 20.9 Å². The van der Waals surface area contributed by atoms with Crippen LogP contribution in [0.3, 0.4) is 0 Å². The first-order chi connectivity index (χ1) is 9.97. The Morgan fingerprint density at radius 2 is 2.05 bits per heavy atom. The Bertz CT molecular complexity index is 692. The third-order valence-corrected chi connectivity index (χ3v) is 4.20. The van der Waals surface area contributed by atoms with Gasteiger partial charge >= 0.3 is 0 Å². The van der Waals surface area contributed by atoms with Crippen LogP contribution in [-0.4, -0.2) is 20.1 Å². The minimum Gasteiger partial charge on any atom is -0.507 e. The van der Waals surface area contributed by atoms with Gasteiger partial charge < -0.3 is 5.11 Å². The Morgan fingerprint density at radius 3 is 2.62 bits per heavy atom. The summed E-state index contributed by atoms with van der Waals surface area (Å²) in [7, 11) is 1.82. The van der Waals surface area contributed by atoms with E-state index in [0.717, 1.165) is 17.7 Å².